The summed E-state index contributed by atoms with van der Waals surface area (Å²) in [6, 6.07) is 1.94. The lowest BCUT2D eigenvalue weighted by Crippen LogP contribution is -1.98. The minimum Gasteiger partial charge on any atom is -0.387 e. The van der Waals surface area contributed by atoms with E-state index >= 15 is 0 Å². The second-order valence-corrected chi connectivity index (χ2v) is 7.15. The molecule has 0 aliphatic carbocycles. The number of thiazole rings is 1. The van der Waals surface area contributed by atoms with Crippen LogP contribution in [0, 0.1) is 0 Å². The number of nitrogens with zero attached hydrogens (tertiary/aromatic N) is 1. The van der Waals surface area contributed by atoms with Gasteiger partial charge in [-0.15, -0.1) is 22.7 Å². The fourth-order valence-corrected chi connectivity index (χ4v) is 3.88. The molecule has 2 rings (SSSR count). The van der Waals surface area contributed by atoms with Crippen molar-refractivity contribution < 1.29 is 5.11 Å². The molecule has 0 aliphatic rings. The van der Waals surface area contributed by atoms with Crippen molar-refractivity contribution >= 4 is 54.5 Å². The molecule has 0 spiro atoms. The van der Waals surface area contributed by atoms with Crippen molar-refractivity contribution in [3.05, 3.63) is 35.8 Å². The molecule has 15 heavy (non-hydrogen) atoms. The first-order chi connectivity index (χ1) is 7.16. The predicted molar refractivity (Wildman–Crippen MR) is 70.5 cm³/mol. The number of aliphatic hydroxyl groups is 1. The van der Waals surface area contributed by atoms with Gasteiger partial charge < -0.3 is 5.11 Å². The number of rotatable bonds is 3. The molecule has 2 heterocycles. The SMILES string of the molecule is OC(Cc1nccs1)c1cc(Br)c(Br)s1. The zero-order chi connectivity index (χ0) is 10.8. The number of hydrogen-bond acceptors (Lipinski definition) is 4. The Morgan fingerprint density at radius 3 is 2.80 bits per heavy atom. The van der Waals surface area contributed by atoms with Crippen LogP contribution in [-0.4, -0.2) is 10.1 Å². The zero-order valence-corrected chi connectivity index (χ0v) is 12.3. The largest absolute Gasteiger partial charge is 0.387 e. The topological polar surface area (TPSA) is 33.1 Å². The average molecular weight is 369 g/mol. The van der Waals surface area contributed by atoms with E-state index in [9.17, 15) is 5.11 Å². The zero-order valence-electron chi connectivity index (χ0n) is 7.48. The summed E-state index contributed by atoms with van der Waals surface area (Å²) in [5.74, 6) is 0. The molecule has 1 atom stereocenters. The lowest BCUT2D eigenvalue weighted by Gasteiger charge is -2.04. The monoisotopic (exact) mass is 367 g/mol. The van der Waals surface area contributed by atoms with Crippen molar-refractivity contribution in [3.63, 3.8) is 0 Å². The van der Waals surface area contributed by atoms with E-state index in [0.717, 1.165) is 18.1 Å². The first kappa shape index (κ1) is 11.7. The molecule has 80 valence electrons. The molecule has 0 amide bonds. The van der Waals surface area contributed by atoms with E-state index in [0.29, 0.717) is 6.42 Å². The number of aromatic nitrogens is 1. The molecular formula is C9H7Br2NOS2. The highest BCUT2D eigenvalue weighted by atomic mass is 79.9. The highest BCUT2D eigenvalue weighted by Crippen LogP contribution is 2.36. The highest BCUT2D eigenvalue weighted by molar-refractivity contribution is 9.13. The fourth-order valence-electron chi connectivity index (χ4n) is 1.15. The maximum atomic E-state index is 9.97. The second kappa shape index (κ2) is 5.05. The Bertz CT molecular complexity index is 421. The third-order valence-electron chi connectivity index (χ3n) is 1.84. The Morgan fingerprint density at radius 1 is 1.47 bits per heavy atom. The fraction of sp³-hybridized carbons (Fsp3) is 0.222. The van der Waals surface area contributed by atoms with E-state index in [1.807, 2.05) is 11.4 Å². The van der Waals surface area contributed by atoms with Gasteiger partial charge in [-0.1, -0.05) is 0 Å². The molecule has 0 saturated carbocycles. The van der Waals surface area contributed by atoms with Gasteiger partial charge in [-0.2, -0.15) is 0 Å². The van der Waals surface area contributed by atoms with Crippen LogP contribution in [0.1, 0.15) is 16.0 Å². The summed E-state index contributed by atoms with van der Waals surface area (Å²) in [6.45, 7) is 0. The van der Waals surface area contributed by atoms with Gasteiger partial charge in [0, 0.05) is 27.3 Å². The molecule has 2 aromatic rings. The van der Waals surface area contributed by atoms with E-state index in [-0.39, 0.29) is 0 Å². The summed E-state index contributed by atoms with van der Waals surface area (Å²) in [6.07, 6.45) is 1.87. The Kier molecular flexibility index (Phi) is 3.95. The Balaban J connectivity index is 2.11. The minimum absolute atomic E-state index is 0.469. The number of halogens is 2. The number of thiophene rings is 1. The average Bonchev–Trinajstić information content (AvgIpc) is 2.78. The maximum absolute atomic E-state index is 9.97. The molecule has 1 N–H and O–H groups in total. The van der Waals surface area contributed by atoms with Crippen LogP contribution in [-0.2, 0) is 6.42 Å². The maximum Gasteiger partial charge on any atom is 0.0954 e. The quantitative estimate of drug-likeness (QED) is 0.887. The van der Waals surface area contributed by atoms with E-state index in [1.165, 1.54) is 0 Å². The second-order valence-electron chi connectivity index (χ2n) is 2.92. The van der Waals surface area contributed by atoms with Crippen LogP contribution >= 0.6 is 54.5 Å². The molecule has 0 radical (unpaired) electrons. The lowest BCUT2D eigenvalue weighted by atomic mass is 10.2. The van der Waals surface area contributed by atoms with Crippen LogP contribution < -0.4 is 0 Å². The summed E-state index contributed by atoms with van der Waals surface area (Å²) >= 11 is 9.92. The van der Waals surface area contributed by atoms with E-state index in [1.54, 1.807) is 28.9 Å². The van der Waals surface area contributed by atoms with Crippen molar-refractivity contribution in [2.75, 3.05) is 0 Å². The molecule has 0 aliphatic heterocycles. The van der Waals surface area contributed by atoms with Gasteiger partial charge in [-0.25, -0.2) is 4.98 Å². The van der Waals surface area contributed by atoms with Gasteiger partial charge in [-0.3, -0.25) is 0 Å². The summed E-state index contributed by atoms with van der Waals surface area (Å²) in [5.41, 5.74) is 0. The molecule has 2 nitrogen and oxygen atoms in total. The van der Waals surface area contributed by atoms with E-state index in [4.69, 9.17) is 0 Å². The van der Waals surface area contributed by atoms with Gasteiger partial charge in [0.1, 0.15) is 0 Å². The normalized spacial score (nSPS) is 13.0. The van der Waals surface area contributed by atoms with Gasteiger partial charge in [0.25, 0.3) is 0 Å². The van der Waals surface area contributed by atoms with Crippen LogP contribution in [0.2, 0.25) is 0 Å². The van der Waals surface area contributed by atoms with Crippen LogP contribution in [0.15, 0.2) is 25.9 Å². The van der Waals surface area contributed by atoms with Gasteiger partial charge in [0.15, 0.2) is 0 Å². The van der Waals surface area contributed by atoms with Crippen molar-refractivity contribution in [2.24, 2.45) is 0 Å². The van der Waals surface area contributed by atoms with Crippen LogP contribution in [0.3, 0.4) is 0 Å². The van der Waals surface area contributed by atoms with Crippen molar-refractivity contribution in [1.82, 2.24) is 4.98 Å². The van der Waals surface area contributed by atoms with Crippen LogP contribution in [0.4, 0.5) is 0 Å². The molecule has 2 aromatic heterocycles. The summed E-state index contributed by atoms with van der Waals surface area (Å²) in [7, 11) is 0. The third-order valence-corrected chi connectivity index (χ3v) is 6.00. The van der Waals surface area contributed by atoms with Crippen molar-refractivity contribution in [2.45, 2.75) is 12.5 Å². The van der Waals surface area contributed by atoms with Crippen molar-refractivity contribution in [3.8, 4) is 0 Å². The summed E-state index contributed by atoms with van der Waals surface area (Å²) in [4.78, 5) is 5.10. The van der Waals surface area contributed by atoms with Crippen LogP contribution in [0.25, 0.3) is 0 Å². The van der Waals surface area contributed by atoms with Gasteiger partial charge in [-0.05, 0) is 37.9 Å². The number of hydrogen-bond donors (Lipinski definition) is 1. The molecule has 6 heteroatoms. The Labute approximate surface area is 112 Å². The molecule has 0 fully saturated rings. The highest BCUT2D eigenvalue weighted by Gasteiger charge is 2.14. The molecule has 1 unspecified atom stereocenters. The third kappa shape index (κ3) is 2.88. The van der Waals surface area contributed by atoms with Gasteiger partial charge in [0.05, 0.1) is 14.9 Å². The molecule has 0 bridgehead atoms. The first-order valence-corrected chi connectivity index (χ1v) is 7.46. The Morgan fingerprint density at radius 2 is 2.27 bits per heavy atom. The van der Waals surface area contributed by atoms with Gasteiger partial charge in [0.2, 0.25) is 0 Å². The standard InChI is InChI=1S/C9H7Br2NOS2/c10-5-3-7(15-9(5)11)6(13)4-8-12-1-2-14-8/h1-3,6,13H,4H2. The van der Waals surface area contributed by atoms with Crippen LogP contribution in [0.5, 0.6) is 0 Å². The molecule has 0 saturated heterocycles. The molecule has 0 aromatic carbocycles. The predicted octanol–water partition coefficient (Wildman–Crippen LogP) is 4.01. The minimum atomic E-state index is -0.469. The molecular weight excluding hydrogens is 362 g/mol. The summed E-state index contributed by atoms with van der Waals surface area (Å²) in [5, 5.41) is 12.8. The summed E-state index contributed by atoms with van der Waals surface area (Å²) < 4.78 is 2.00. The van der Waals surface area contributed by atoms with Crippen molar-refractivity contribution in [1.29, 1.82) is 0 Å². The Hall–Kier alpha value is 0.250. The smallest absolute Gasteiger partial charge is 0.0954 e. The van der Waals surface area contributed by atoms with Gasteiger partial charge >= 0.3 is 0 Å². The van der Waals surface area contributed by atoms with E-state index in [2.05, 4.69) is 36.8 Å². The van der Waals surface area contributed by atoms with E-state index < -0.39 is 6.10 Å². The first-order valence-electron chi connectivity index (χ1n) is 4.18. The number of aliphatic hydroxyl groups excluding tert-OH is 1. The lowest BCUT2D eigenvalue weighted by molar-refractivity contribution is 0.182.